The van der Waals surface area contributed by atoms with Crippen molar-refractivity contribution in [1.29, 1.82) is 0 Å². The average Bonchev–Trinajstić information content (AvgIpc) is 2.64. The van der Waals surface area contributed by atoms with Crippen molar-refractivity contribution in [3.05, 3.63) is 40.3 Å². The molecule has 0 bridgehead atoms. The van der Waals surface area contributed by atoms with Gasteiger partial charge in [-0.3, -0.25) is 0 Å². The van der Waals surface area contributed by atoms with Crippen molar-refractivity contribution in [2.24, 2.45) is 0 Å². The molecule has 0 unspecified atom stereocenters. The lowest BCUT2D eigenvalue weighted by Crippen LogP contribution is -1.99. The molecule has 2 rings (SSSR count). The molecule has 0 saturated carbocycles. The maximum Gasteiger partial charge on any atom is 0.341 e. The Bertz CT molecular complexity index is 594. The van der Waals surface area contributed by atoms with E-state index in [9.17, 15) is 9.18 Å². The van der Waals surface area contributed by atoms with Gasteiger partial charge < -0.3 is 9.63 Å². The van der Waals surface area contributed by atoms with Gasteiger partial charge in [0.1, 0.15) is 11.4 Å². The van der Waals surface area contributed by atoms with Crippen LogP contribution in [0.25, 0.3) is 11.3 Å². The first-order valence-electron chi connectivity index (χ1n) is 4.65. The SMILES string of the molecule is Cc1noc(-c2cc(F)ccc2Cl)c1C(=O)O. The maximum atomic E-state index is 13.1. The van der Waals surface area contributed by atoms with Crippen LogP contribution in [0.3, 0.4) is 0 Å². The molecule has 1 aromatic heterocycles. The highest BCUT2D eigenvalue weighted by Crippen LogP contribution is 2.32. The first kappa shape index (κ1) is 11.6. The van der Waals surface area contributed by atoms with Crippen LogP contribution in [-0.4, -0.2) is 16.2 Å². The number of carboxylic acids is 1. The van der Waals surface area contributed by atoms with Crippen molar-refractivity contribution in [2.75, 3.05) is 0 Å². The highest BCUT2D eigenvalue weighted by atomic mass is 35.5. The van der Waals surface area contributed by atoms with Gasteiger partial charge in [0, 0.05) is 5.56 Å². The molecular weight excluding hydrogens is 249 g/mol. The van der Waals surface area contributed by atoms with Crippen LogP contribution in [-0.2, 0) is 0 Å². The molecule has 17 heavy (non-hydrogen) atoms. The Kier molecular flexibility index (Phi) is 2.85. The van der Waals surface area contributed by atoms with Gasteiger partial charge in [0.05, 0.1) is 10.7 Å². The van der Waals surface area contributed by atoms with Crippen molar-refractivity contribution in [1.82, 2.24) is 5.16 Å². The standard InChI is InChI=1S/C11H7ClFNO3/c1-5-9(11(15)16)10(17-14-5)7-4-6(13)2-3-8(7)12/h2-4H,1H3,(H,15,16). The van der Waals surface area contributed by atoms with Crippen LogP contribution >= 0.6 is 11.6 Å². The first-order valence-corrected chi connectivity index (χ1v) is 5.03. The lowest BCUT2D eigenvalue weighted by molar-refractivity contribution is 0.0696. The van der Waals surface area contributed by atoms with E-state index < -0.39 is 11.8 Å². The Balaban J connectivity index is 2.68. The largest absolute Gasteiger partial charge is 0.477 e. The molecule has 0 radical (unpaired) electrons. The molecule has 1 heterocycles. The van der Waals surface area contributed by atoms with Gasteiger partial charge in [-0.25, -0.2) is 9.18 Å². The van der Waals surface area contributed by atoms with Gasteiger partial charge in [-0.15, -0.1) is 0 Å². The fourth-order valence-corrected chi connectivity index (χ4v) is 1.68. The summed E-state index contributed by atoms with van der Waals surface area (Å²) in [6.45, 7) is 1.49. The van der Waals surface area contributed by atoms with Crippen molar-refractivity contribution in [2.45, 2.75) is 6.92 Å². The number of nitrogens with zero attached hydrogens (tertiary/aromatic N) is 1. The van der Waals surface area contributed by atoms with Crippen LogP contribution in [0.4, 0.5) is 4.39 Å². The molecule has 0 fully saturated rings. The van der Waals surface area contributed by atoms with Crippen LogP contribution in [0.1, 0.15) is 16.1 Å². The minimum atomic E-state index is -1.20. The molecule has 0 aliphatic carbocycles. The highest BCUT2D eigenvalue weighted by molar-refractivity contribution is 6.33. The molecule has 0 amide bonds. The summed E-state index contributed by atoms with van der Waals surface area (Å²) in [4.78, 5) is 11.0. The van der Waals surface area contributed by atoms with E-state index in [1.54, 1.807) is 0 Å². The second-order valence-corrected chi connectivity index (χ2v) is 3.81. The van der Waals surface area contributed by atoms with Crippen LogP contribution in [0, 0.1) is 12.7 Å². The smallest absolute Gasteiger partial charge is 0.341 e. The second kappa shape index (κ2) is 4.18. The number of hydrogen-bond donors (Lipinski definition) is 1. The number of aromatic nitrogens is 1. The minimum absolute atomic E-state index is 0.0421. The normalized spacial score (nSPS) is 10.5. The number of hydrogen-bond acceptors (Lipinski definition) is 3. The number of halogens is 2. The Morgan fingerprint density at radius 1 is 1.53 bits per heavy atom. The number of carboxylic acid groups (broad SMARTS) is 1. The predicted molar refractivity (Wildman–Crippen MR) is 58.6 cm³/mol. The van der Waals surface area contributed by atoms with E-state index in [-0.39, 0.29) is 27.6 Å². The Hall–Kier alpha value is -1.88. The van der Waals surface area contributed by atoms with E-state index in [1.807, 2.05) is 0 Å². The summed E-state index contributed by atoms with van der Waals surface area (Å²) in [5.41, 5.74) is 0.273. The summed E-state index contributed by atoms with van der Waals surface area (Å²) in [6.07, 6.45) is 0. The van der Waals surface area contributed by atoms with E-state index in [2.05, 4.69) is 5.16 Å². The van der Waals surface area contributed by atoms with E-state index in [1.165, 1.54) is 19.1 Å². The molecule has 1 N–H and O–H groups in total. The lowest BCUT2D eigenvalue weighted by Gasteiger charge is -2.01. The van der Waals surface area contributed by atoms with Crippen LogP contribution in [0.15, 0.2) is 22.7 Å². The molecule has 2 aromatic rings. The number of benzene rings is 1. The van der Waals surface area contributed by atoms with Crippen molar-refractivity contribution in [3.8, 4) is 11.3 Å². The molecule has 0 atom stereocenters. The number of rotatable bonds is 2. The summed E-state index contributed by atoms with van der Waals surface area (Å²) >= 11 is 5.87. The first-order chi connectivity index (χ1) is 8.00. The molecule has 0 saturated heterocycles. The quantitative estimate of drug-likeness (QED) is 0.895. The van der Waals surface area contributed by atoms with E-state index in [0.717, 1.165) is 6.07 Å². The summed E-state index contributed by atoms with van der Waals surface area (Å²) < 4.78 is 18.0. The molecular formula is C11H7ClFNO3. The summed E-state index contributed by atoms with van der Waals surface area (Å²) in [7, 11) is 0. The van der Waals surface area contributed by atoms with Gasteiger partial charge >= 0.3 is 5.97 Å². The monoisotopic (exact) mass is 255 g/mol. The minimum Gasteiger partial charge on any atom is -0.477 e. The fraction of sp³-hybridized carbons (Fsp3) is 0.0909. The van der Waals surface area contributed by atoms with Gasteiger partial charge in [0.25, 0.3) is 0 Å². The lowest BCUT2D eigenvalue weighted by atomic mass is 10.1. The molecule has 0 aliphatic rings. The number of aromatic carboxylic acids is 1. The Labute approximate surface area is 101 Å². The summed E-state index contributed by atoms with van der Waals surface area (Å²) in [5.74, 6) is -1.77. The second-order valence-electron chi connectivity index (χ2n) is 3.40. The zero-order valence-electron chi connectivity index (χ0n) is 8.70. The van der Waals surface area contributed by atoms with Gasteiger partial charge in [0.2, 0.25) is 0 Å². The van der Waals surface area contributed by atoms with Crippen LogP contribution < -0.4 is 0 Å². The van der Waals surface area contributed by atoms with Crippen molar-refractivity contribution >= 4 is 17.6 Å². The zero-order valence-corrected chi connectivity index (χ0v) is 9.45. The van der Waals surface area contributed by atoms with Crippen LogP contribution in [0.2, 0.25) is 5.02 Å². The maximum absolute atomic E-state index is 13.1. The van der Waals surface area contributed by atoms with Gasteiger partial charge in [-0.2, -0.15) is 0 Å². The molecule has 1 aromatic carbocycles. The van der Waals surface area contributed by atoms with E-state index in [4.69, 9.17) is 21.2 Å². The Morgan fingerprint density at radius 2 is 2.24 bits per heavy atom. The fourth-order valence-electron chi connectivity index (χ4n) is 1.48. The predicted octanol–water partition coefficient (Wildman–Crippen LogP) is 3.14. The third-order valence-corrected chi connectivity index (χ3v) is 2.58. The Morgan fingerprint density at radius 3 is 2.88 bits per heavy atom. The highest BCUT2D eigenvalue weighted by Gasteiger charge is 2.23. The van der Waals surface area contributed by atoms with Crippen molar-refractivity contribution < 1.29 is 18.8 Å². The average molecular weight is 256 g/mol. The molecule has 88 valence electrons. The topological polar surface area (TPSA) is 63.3 Å². The van der Waals surface area contributed by atoms with E-state index in [0.29, 0.717) is 0 Å². The molecule has 6 heteroatoms. The number of carbonyl (C=O) groups is 1. The third-order valence-electron chi connectivity index (χ3n) is 2.25. The van der Waals surface area contributed by atoms with E-state index >= 15 is 0 Å². The van der Waals surface area contributed by atoms with Gasteiger partial charge in [-0.1, -0.05) is 16.8 Å². The number of aryl methyl sites for hydroxylation is 1. The van der Waals surface area contributed by atoms with Gasteiger partial charge in [-0.05, 0) is 25.1 Å². The summed E-state index contributed by atoms with van der Waals surface area (Å²) in [5, 5.41) is 12.8. The summed E-state index contributed by atoms with van der Waals surface area (Å²) in [6, 6.07) is 3.61. The molecule has 4 nitrogen and oxygen atoms in total. The van der Waals surface area contributed by atoms with Gasteiger partial charge in [0.15, 0.2) is 5.76 Å². The van der Waals surface area contributed by atoms with Crippen molar-refractivity contribution in [3.63, 3.8) is 0 Å². The third kappa shape index (κ3) is 2.01. The zero-order chi connectivity index (χ0) is 12.6. The van der Waals surface area contributed by atoms with Crippen LogP contribution in [0.5, 0.6) is 0 Å². The molecule has 0 spiro atoms. The molecule has 0 aliphatic heterocycles.